The van der Waals surface area contributed by atoms with Gasteiger partial charge in [-0.1, -0.05) is 41.4 Å². The number of aromatic nitrogens is 5. The van der Waals surface area contributed by atoms with Gasteiger partial charge < -0.3 is 9.84 Å². The topological polar surface area (TPSA) is 128 Å². The van der Waals surface area contributed by atoms with Crippen LogP contribution >= 0.6 is 23.2 Å². The van der Waals surface area contributed by atoms with Gasteiger partial charge >= 0.3 is 17.8 Å². The van der Waals surface area contributed by atoms with Crippen LogP contribution in [0.15, 0.2) is 53.3 Å². The SMILES string of the molecule is CC(=O)O[C@@H](C)c1nc(Cn2c(C#N)c(-c3ccc(Cl)cc3)n(C[C@H](O)C(F)(F)F)c2=O)nn1-c1cccc(Cl)c1. The van der Waals surface area contributed by atoms with Crippen LogP contribution in [0.25, 0.3) is 16.9 Å². The Bertz CT molecular complexity index is 1690. The molecule has 2 aromatic heterocycles. The van der Waals surface area contributed by atoms with E-state index in [0.29, 0.717) is 20.3 Å². The molecule has 0 radical (unpaired) electrons. The Kier molecular flexibility index (Phi) is 8.58. The number of hydrogen-bond donors (Lipinski definition) is 1. The summed E-state index contributed by atoms with van der Waals surface area (Å²) in [4.78, 5) is 29.5. The van der Waals surface area contributed by atoms with Crippen LogP contribution in [0.5, 0.6) is 0 Å². The smallest absolute Gasteiger partial charge is 0.416 e. The molecule has 2 aromatic carbocycles. The third-order valence-electron chi connectivity index (χ3n) is 5.92. The molecule has 0 saturated carbocycles. The van der Waals surface area contributed by atoms with E-state index >= 15 is 0 Å². The van der Waals surface area contributed by atoms with E-state index < -0.39 is 43.1 Å². The molecule has 4 aromatic rings. The van der Waals surface area contributed by atoms with Crippen molar-refractivity contribution >= 4 is 29.2 Å². The van der Waals surface area contributed by atoms with E-state index in [1.54, 1.807) is 31.2 Å². The number of carbonyl (C=O) groups excluding carboxylic acids is 1. The molecule has 41 heavy (non-hydrogen) atoms. The zero-order chi connectivity index (χ0) is 30.1. The maximum atomic E-state index is 13.5. The first-order valence-electron chi connectivity index (χ1n) is 11.9. The van der Waals surface area contributed by atoms with E-state index in [0.717, 1.165) is 4.57 Å². The predicted molar refractivity (Wildman–Crippen MR) is 142 cm³/mol. The average Bonchev–Trinajstić information content (AvgIpc) is 3.43. The monoisotopic (exact) mass is 608 g/mol. The average molecular weight is 609 g/mol. The maximum absolute atomic E-state index is 13.5. The quantitative estimate of drug-likeness (QED) is 0.288. The molecule has 0 unspecified atom stereocenters. The van der Waals surface area contributed by atoms with E-state index in [2.05, 4.69) is 10.1 Å². The standard InChI is InChI=1S/C26H21Cl2F3N6O4/c1-14(41-15(2)38)24-33-22(34-37(24)19-5-3-4-18(28)10-19)13-35-20(11-32)23(16-6-8-17(27)9-7-16)36(25(35)40)12-21(39)26(29,30)31/h3-10,14,21,39H,12-13H2,1-2H3/t14-,21-/m0/s1. The Hall–Kier alpha value is -4.12. The lowest BCUT2D eigenvalue weighted by molar-refractivity contribution is -0.207. The van der Waals surface area contributed by atoms with E-state index in [9.17, 15) is 33.1 Å². The zero-order valence-corrected chi connectivity index (χ0v) is 22.9. The highest BCUT2D eigenvalue weighted by Crippen LogP contribution is 2.28. The number of esters is 1. The van der Waals surface area contributed by atoms with Crippen molar-refractivity contribution in [1.29, 1.82) is 5.26 Å². The zero-order valence-electron chi connectivity index (χ0n) is 21.4. The molecule has 214 valence electrons. The van der Waals surface area contributed by atoms with Gasteiger partial charge in [0.05, 0.1) is 24.5 Å². The van der Waals surface area contributed by atoms with Crippen molar-refractivity contribution in [2.75, 3.05) is 0 Å². The van der Waals surface area contributed by atoms with Gasteiger partial charge in [-0.3, -0.25) is 13.9 Å². The Labute approximate surface area is 240 Å². The van der Waals surface area contributed by atoms with Crippen molar-refractivity contribution in [1.82, 2.24) is 23.9 Å². The highest BCUT2D eigenvalue weighted by molar-refractivity contribution is 6.31. The highest BCUT2D eigenvalue weighted by atomic mass is 35.5. The van der Waals surface area contributed by atoms with Crippen molar-refractivity contribution in [2.45, 2.75) is 45.3 Å². The fraction of sp³-hybridized carbons (Fsp3) is 0.269. The van der Waals surface area contributed by atoms with Crippen molar-refractivity contribution in [3.05, 3.63) is 86.4 Å². The first kappa shape index (κ1) is 29.9. The van der Waals surface area contributed by atoms with E-state index in [-0.39, 0.29) is 28.6 Å². The summed E-state index contributed by atoms with van der Waals surface area (Å²) in [5.41, 5.74) is -0.785. The Morgan fingerprint density at radius 3 is 2.41 bits per heavy atom. The molecular weight excluding hydrogens is 588 g/mol. The minimum absolute atomic E-state index is 0.0197. The van der Waals surface area contributed by atoms with Gasteiger partial charge in [-0.25, -0.2) is 14.5 Å². The van der Waals surface area contributed by atoms with Crippen LogP contribution in [0.4, 0.5) is 13.2 Å². The normalized spacial score (nSPS) is 13.0. The molecule has 0 aliphatic rings. The first-order chi connectivity index (χ1) is 19.3. The van der Waals surface area contributed by atoms with E-state index in [1.807, 2.05) is 6.07 Å². The van der Waals surface area contributed by atoms with Crippen LogP contribution in [0.3, 0.4) is 0 Å². The molecule has 0 bridgehead atoms. The highest BCUT2D eigenvalue weighted by Gasteiger charge is 2.40. The van der Waals surface area contributed by atoms with Crippen LogP contribution < -0.4 is 5.69 Å². The largest absolute Gasteiger partial charge is 0.455 e. The van der Waals surface area contributed by atoms with Gasteiger partial charge in [-0.2, -0.15) is 18.4 Å². The van der Waals surface area contributed by atoms with Gasteiger partial charge in [0.15, 0.2) is 23.9 Å². The second-order valence-electron chi connectivity index (χ2n) is 8.88. The molecular formula is C26H21Cl2F3N6O4. The van der Waals surface area contributed by atoms with E-state index in [1.165, 1.54) is 35.9 Å². The van der Waals surface area contributed by atoms with E-state index in [4.69, 9.17) is 27.9 Å². The summed E-state index contributed by atoms with van der Waals surface area (Å²) in [7, 11) is 0. The van der Waals surface area contributed by atoms with Crippen LogP contribution in [-0.2, 0) is 22.6 Å². The lowest BCUT2D eigenvalue weighted by Gasteiger charge is -2.16. The fourth-order valence-electron chi connectivity index (χ4n) is 4.14. The third-order valence-corrected chi connectivity index (χ3v) is 6.40. The predicted octanol–water partition coefficient (Wildman–Crippen LogP) is 4.67. The maximum Gasteiger partial charge on any atom is 0.416 e. The summed E-state index contributed by atoms with van der Waals surface area (Å²) in [6, 6.07) is 14.2. The Balaban J connectivity index is 1.88. The van der Waals surface area contributed by atoms with Crippen LogP contribution in [0.1, 0.15) is 37.3 Å². The lowest BCUT2D eigenvalue weighted by atomic mass is 10.1. The van der Waals surface area contributed by atoms with Gasteiger partial charge in [-0.05, 0) is 37.3 Å². The number of alkyl halides is 3. The minimum Gasteiger partial charge on any atom is -0.455 e. The minimum atomic E-state index is -5.02. The molecule has 2 heterocycles. The van der Waals surface area contributed by atoms with Gasteiger partial charge in [-0.15, -0.1) is 5.10 Å². The number of rotatable bonds is 8. The number of nitrogens with zero attached hydrogens (tertiary/aromatic N) is 6. The third kappa shape index (κ3) is 6.45. The molecule has 0 saturated heterocycles. The number of benzene rings is 2. The molecule has 15 heteroatoms. The summed E-state index contributed by atoms with van der Waals surface area (Å²) in [6.45, 7) is 1.16. The van der Waals surface area contributed by atoms with Crippen molar-refractivity contribution in [3.63, 3.8) is 0 Å². The summed E-state index contributed by atoms with van der Waals surface area (Å²) in [6.07, 6.45) is -8.80. The second-order valence-corrected chi connectivity index (χ2v) is 9.76. The number of aliphatic hydroxyl groups is 1. The molecule has 2 atom stereocenters. The molecule has 0 amide bonds. The number of hydrogen-bond acceptors (Lipinski definition) is 7. The van der Waals surface area contributed by atoms with Crippen LogP contribution in [0.2, 0.25) is 10.0 Å². The summed E-state index contributed by atoms with van der Waals surface area (Å²) in [5, 5.41) is 24.9. The molecule has 10 nitrogen and oxygen atoms in total. The van der Waals surface area contributed by atoms with Gasteiger partial charge in [0, 0.05) is 22.5 Å². The molecule has 0 spiro atoms. The number of aliphatic hydroxyl groups excluding tert-OH is 1. The molecule has 0 fully saturated rings. The second kappa shape index (κ2) is 11.8. The van der Waals surface area contributed by atoms with Crippen molar-refractivity contribution in [2.24, 2.45) is 0 Å². The molecule has 4 rings (SSSR count). The van der Waals surface area contributed by atoms with Gasteiger partial charge in [0.1, 0.15) is 11.8 Å². The van der Waals surface area contributed by atoms with Crippen LogP contribution in [-0.4, -0.2) is 47.3 Å². The van der Waals surface area contributed by atoms with Crippen LogP contribution in [0, 0.1) is 11.3 Å². The van der Waals surface area contributed by atoms with Crippen molar-refractivity contribution in [3.8, 4) is 23.0 Å². The Morgan fingerprint density at radius 1 is 1.15 bits per heavy atom. The number of nitriles is 1. The number of ether oxygens (including phenoxy) is 1. The summed E-state index contributed by atoms with van der Waals surface area (Å²) < 4.78 is 48.0. The Morgan fingerprint density at radius 2 is 1.83 bits per heavy atom. The molecule has 0 aliphatic heterocycles. The lowest BCUT2D eigenvalue weighted by Crippen LogP contribution is -2.37. The number of halogens is 5. The van der Waals surface area contributed by atoms with Gasteiger partial charge in [0.25, 0.3) is 0 Å². The number of imidazole rings is 1. The molecule has 0 aliphatic carbocycles. The van der Waals surface area contributed by atoms with Crippen molar-refractivity contribution < 1.29 is 27.8 Å². The number of carbonyl (C=O) groups is 1. The molecule has 1 N–H and O–H groups in total. The van der Waals surface area contributed by atoms with Gasteiger partial charge in [0.2, 0.25) is 0 Å². The fourth-order valence-corrected chi connectivity index (χ4v) is 4.45. The summed E-state index contributed by atoms with van der Waals surface area (Å²) >= 11 is 12.1. The summed E-state index contributed by atoms with van der Waals surface area (Å²) in [5.74, 6) is -0.446. The first-order valence-corrected chi connectivity index (χ1v) is 12.7.